The van der Waals surface area contributed by atoms with Crippen molar-refractivity contribution in [1.82, 2.24) is 9.97 Å². The molecule has 1 aromatic rings. The van der Waals surface area contributed by atoms with Gasteiger partial charge in [-0.05, 0) is 54.0 Å². The Bertz CT molecular complexity index is 434. The molecule has 1 heterocycles. The molecule has 98 valence electrons. The van der Waals surface area contributed by atoms with Crippen LogP contribution in [0.2, 0.25) is 0 Å². The van der Waals surface area contributed by atoms with Crippen molar-refractivity contribution < 1.29 is 4.74 Å². The first-order valence-corrected chi connectivity index (χ1v) is 7.73. The third kappa shape index (κ3) is 2.85. The molecular formula is C14H19BrN2O. The van der Waals surface area contributed by atoms with E-state index in [1.54, 1.807) is 0 Å². The second-order valence-electron chi connectivity index (χ2n) is 5.58. The van der Waals surface area contributed by atoms with Crippen molar-refractivity contribution in [3.8, 4) is 5.88 Å². The van der Waals surface area contributed by atoms with Crippen LogP contribution in [0.3, 0.4) is 0 Å². The van der Waals surface area contributed by atoms with Crippen molar-refractivity contribution in [3.05, 3.63) is 16.5 Å². The molecule has 1 aromatic heterocycles. The Morgan fingerprint density at radius 1 is 1.17 bits per heavy atom. The highest BCUT2D eigenvalue weighted by atomic mass is 79.9. The van der Waals surface area contributed by atoms with E-state index in [-0.39, 0.29) is 0 Å². The van der Waals surface area contributed by atoms with Crippen molar-refractivity contribution in [2.75, 3.05) is 0 Å². The minimum atomic E-state index is 0.326. The fourth-order valence-corrected chi connectivity index (χ4v) is 2.99. The van der Waals surface area contributed by atoms with Gasteiger partial charge in [-0.3, -0.25) is 0 Å². The molecule has 2 aliphatic carbocycles. The van der Waals surface area contributed by atoms with Crippen LogP contribution < -0.4 is 4.74 Å². The molecule has 0 spiro atoms. The maximum absolute atomic E-state index is 6.09. The number of ether oxygens (including phenoxy) is 1. The van der Waals surface area contributed by atoms with Crippen molar-refractivity contribution in [2.24, 2.45) is 5.92 Å². The SMILES string of the molecule is CC1CCCCC1Oc1cc(Br)nc(C2CC2)n1. The Morgan fingerprint density at radius 2 is 1.94 bits per heavy atom. The molecule has 18 heavy (non-hydrogen) atoms. The van der Waals surface area contributed by atoms with Crippen LogP contribution in [0.1, 0.15) is 57.2 Å². The zero-order valence-electron chi connectivity index (χ0n) is 10.7. The van der Waals surface area contributed by atoms with Crippen molar-refractivity contribution in [3.63, 3.8) is 0 Å². The molecule has 0 aromatic carbocycles. The van der Waals surface area contributed by atoms with Gasteiger partial charge in [0.25, 0.3) is 0 Å². The van der Waals surface area contributed by atoms with Crippen LogP contribution >= 0.6 is 15.9 Å². The minimum Gasteiger partial charge on any atom is -0.474 e. The molecule has 3 rings (SSSR count). The van der Waals surface area contributed by atoms with E-state index in [1.165, 1.54) is 32.1 Å². The molecule has 3 nitrogen and oxygen atoms in total. The summed E-state index contributed by atoms with van der Waals surface area (Å²) in [4.78, 5) is 8.99. The lowest BCUT2D eigenvalue weighted by Gasteiger charge is -2.28. The van der Waals surface area contributed by atoms with Gasteiger partial charge in [0.2, 0.25) is 5.88 Å². The molecule has 2 unspecified atom stereocenters. The fraction of sp³-hybridized carbons (Fsp3) is 0.714. The van der Waals surface area contributed by atoms with Gasteiger partial charge >= 0.3 is 0 Å². The summed E-state index contributed by atoms with van der Waals surface area (Å²) < 4.78 is 6.93. The van der Waals surface area contributed by atoms with Gasteiger partial charge in [0.1, 0.15) is 16.5 Å². The van der Waals surface area contributed by atoms with Crippen LogP contribution in [-0.2, 0) is 0 Å². The summed E-state index contributed by atoms with van der Waals surface area (Å²) in [6.07, 6.45) is 7.80. The van der Waals surface area contributed by atoms with E-state index in [4.69, 9.17) is 4.74 Å². The lowest BCUT2D eigenvalue weighted by Crippen LogP contribution is -2.28. The summed E-state index contributed by atoms with van der Waals surface area (Å²) in [5.41, 5.74) is 0. The summed E-state index contributed by atoms with van der Waals surface area (Å²) in [5.74, 6) is 2.89. The zero-order valence-corrected chi connectivity index (χ0v) is 12.3. The predicted molar refractivity (Wildman–Crippen MR) is 73.8 cm³/mol. The van der Waals surface area contributed by atoms with Gasteiger partial charge in [0.15, 0.2) is 0 Å². The van der Waals surface area contributed by atoms with E-state index in [0.717, 1.165) is 22.7 Å². The van der Waals surface area contributed by atoms with Gasteiger partial charge in [-0.15, -0.1) is 0 Å². The van der Waals surface area contributed by atoms with E-state index in [1.807, 2.05) is 6.07 Å². The quantitative estimate of drug-likeness (QED) is 0.789. The molecule has 2 aliphatic rings. The number of hydrogen-bond acceptors (Lipinski definition) is 3. The standard InChI is InChI=1S/C14H19BrN2O/c1-9-4-2-3-5-11(9)18-13-8-12(15)16-14(17-13)10-6-7-10/h8-11H,2-7H2,1H3. The van der Waals surface area contributed by atoms with Crippen LogP contribution in [-0.4, -0.2) is 16.1 Å². The average molecular weight is 311 g/mol. The molecule has 0 N–H and O–H groups in total. The molecule has 0 amide bonds. The Labute approximate surface area is 116 Å². The van der Waals surface area contributed by atoms with Crippen LogP contribution in [0.4, 0.5) is 0 Å². The molecule has 2 saturated carbocycles. The van der Waals surface area contributed by atoms with Gasteiger partial charge in [0, 0.05) is 12.0 Å². The monoisotopic (exact) mass is 310 g/mol. The molecule has 4 heteroatoms. The fourth-order valence-electron chi connectivity index (χ4n) is 2.61. The van der Waals surface area contributed by atoms with Gasteiger partial charge in [-0.25, -0.2) is 4.98 Å². The first-order valence-electron chi connectivity index (χ1n) is 6.93. The first-order chi connectivity index (χ1) is 8.72. The van der Waals surface area contributed by atoms with E-state index in [9.17, 15) is 0 Å². The summed E-state index contributed by atoms with van der Waals surface area (Å²) in [6, 6.07) is 1.90. The van der Waals surface area contributed by atoms with Gasteiger partial charge < -0.3 is 4.74 Å². The van der Waals surface area contributed by atoms with E-state index < -0.39 is 0 Å². The highest BCUT2D eigenvalue weighted by molar-refractivity contribution is 9.10. The highest BCUT2D eigenvalue weighted by Gasteiger charge is 2.28. The zero-order chi connectivity index (χ0) is 12.5. The molecule has 2 atom stereocenters. The molecule has 0 aliphatic heterocycles. The van der Waals surface area contributed by atoms with Crippen molar-refractivity contribution in [2.45, 2.75) is 57.5 Å². The molecule has 0 saturated heterocycles. The lowest BCUT2D eigenvalue weighted by atomic mass is 9.88. The largest absolute Gasteiger partial charge is 0.474 e. The van der Waals surface area contributed by atoms with E-state index in [0.29, 0.717) is 17.9 Å². The smallest absolute Gasteiger partial charge is 0.218 e. The van der Waals surface area contributed by atoms with Crippen LogP contribution in [0.5, 0.6) is 5.88 Å². The molecule has 0 radical (unpaired) electrons. The number of aromatic nitrogens is 2. The number of rotatable bonds is 3. The Kier molecular flexibility index (Phi) is 3.55. The molecule has 2 fully saturated rings. The third-order valence-electron chi connectivity index (χ3n) is 3.94. The maximum Gasteiger partial charge on any atom is 0.218 e. The third-order valence-corrected chi connectivity index (χ3v) is 4.34. The normalized spacial score (nSPS) is 28.1. The van der Waals surface area contributed by atoms with Gasteiger partial charge in [-0.1, -0.05) is 13.3 Å². The molecule has 0 bridgehead atoms. The first kappa shape index (κ1) is 12.4. The topological polar surface area (TPSA) is 35.0 Å². The Hall–Kier alpha value is -0.640. The van der Waals surface area contributed by atoms with Crippen molar-refractivity contribution in [1.29, 1.82) is 0 Å². The number of nitrogens with zero attached hydrogens (tertiary/aromatic N) is 2. The summed E-state index contributed by atoms with van der Waals surface area (Å²) in [5, 5.41) is 0. The maximum atomic E-state index is 6.09. The highest BCUT2D eigenvalue weighted by Crippen LogP contribution is 2.39. The van der Waals surface area contributed by atoms with E-state index >= 15 is 0 Å². The summed E-state index contributed by atoms with van der Waals surface area (Å²) >= 11 is 3.46. The van der Waals surface area contributed by atoms with Gasteiger partial charge in [0.05, 0.1) is 0 Å². The van der Waals surface area contributed by atoms with Crippen LogP contribution in [0, 0.1) is 5.92 Å². The second kappa shape index (κ2) is 5.16. The number of halogens is 1. The summed E-state index contributed by atoms with van der Waals surface area (Å²) in [7, 11) is 0. The Morgan fingerprint density at radius 3 is 2.67 bits per heavy atom. The van der Waals surface area contributed by atoms with Gasteiger partial charge in [-0.2, -0.15) is 4.98 Å². The second-order valence-corrected chi connectivity index (χ2v) is 6.39. The summed E-state index contributed by atoms with van der Waals surface area (Å²) in [6.45, 7) is 2.28. The van der Waals surface area contributed by atoms with Crippen LogP contribution in [0.25, 0.3) is 0 Å². The van der Waals surface area contributed by atoms with Crippen molar-refractivity contribution >= 4 is 15.9 Å². The van der Waals surface area contributed by atoms with E-state index in [2.05, 4.69) is 32.8 Å². The molecular weight excluding hydrogens is 292 g/mol. The lowest BCUT2D eigenvalue weighted by molar-refractivity contribution is 0.0970. The minimum absolute atomic E-state index is 0.326. The van der Waals surface area contributed by atoms with Crippen LogP contribution in [0.15, 0.2) is 10.7 Å². The number of hydrogen-bond donors (Lipinski definition) is 0. The Balaban J connectivity index is 1.74. The predicted octanol–water partition coefficient (Wildman–Crippen LogP) is 4.07. The average Bonchev–Trinajstić information content (AvgIpc) is 3.15.